The molecule has 0 aromatic rings. The summed E-state index contributed by atoms with van der Waals surface area (Å²) in [6.07, 6.45) is 17.0. The summed E-state index contributed by atoms with van der Waals surface area (Å²) in [7, 11) is -2.43. The van der Waals surface area contributed by atoms with Crippen molar-refractivity contribution in [2.75, 3.05) is 0 Å². The van der Waals surface area contributed by atoms with Crippen molar-refractivity contribution in [3.05, 3.63) is 44.2 Å². The molecule has 0 nitrogen and oxygen atoms in total. The summed E-state index contributed by atoms with van der Waals surface area (Å²) in [5.74, 6) is 0. The third-order valence-corrected chi connectivity index (χ3v) is 36.8. The summed E-state index contributed by atoms with van der Waals surface area (Å²) in [6.45, 7) is 20.7. The zero-order chi connectivity index (χ0) is 18.3. The van der Waals surface area contributed by atoms with Gasteiger partial charge in [-0.1, -0.05) is 0 Å². The molecule has 3 heteroatoms. The molecule has 0 unspecified atom stereocenters. The van der Waals surface area contributed by atoms with Crippen LogP contribution in [0.25, 0.3) is 0 Å². The van der Waals surface area contributed by atoms with Crippen molar-refractivity contribution in [3.8, 4) is 0 Å². The number of allylic oxidation sites excluding steroid dienone is 8. The third-order valence-electron chi connectivity index (χ3n) is 6.14. The monoisotopic (exact) mass is 394 g/mol. The molecule has 0 radical (unpaired) electrons. The Morgan fingerprint density at radius 3 is 1.38 bits per heavy atom. The fourth-order valence-electron chi connectivity index (χ4n) is 5.85. The molecular formula is C21H38Si2Ti. The molecule has 0 N–H and O–H groups in total. The molecule has 0 amide bonds. The van der Waals surface area contributed by atoms with Gasteiger partial charge in [-0.05, 0) is 0 Å². The Hall–Kier alpha value is -0.0219. The zero-order valence-electron chi connectivity index (χ0n) is 17.3. The predicted octanol–water partition coefficient (Wildman–Crippen LogP) is 7.17. The molecule has 0 saturated heterocycles. The fraction of sp³-hybridized carbons (Fsp3) is 0.571. The molecule has 2 aliphatic carbocycles. The van der Waals surface area contributed by atoms with Crippen LogP contribution in [0.1, 0.15) is 26.7 Å². The second kappa shape index (κ2) is 6.61. The van der Waals surface area contributed by atoms with Gasteiger partial charge in [0.15, 0.2) is 0 Å². The Morgan fingerprint density at radius 2 is 1.17 bits per heavy atom. The van der Waals surface area contributed by atoms with E-state index < -0.39 is 31.0 Å². The van der Waals surface area contributed by atoms with E-state index in [0.717, 1.165) is 0 Å². The van der Waals surface area contributed by atoms with Gasteiger partial charge in [0.05, 0.1) is 0 Å². The molecule has 0 heterocycles. The maximum absolute atomic E-state index is 3.12. The second-order valence-electron chi connectivity index (χ2n) is 10.8. The van der Waals surface area contributed by atoms with Gasteiger partial charge < -0.3 is 0 Å². The summed E-state index contributed by atoms with van der Waals surface area (Å²) in [5, 5.41) is 0. The average Bonchev–Trinajstić information content (AvgIpc) is 3.08. The van der Waals surface area contributed by atoms with Crippen LogP contribution in [0.15, 0.2) is 44.2 Å². The zero-order valence-corrected chi connectivity index (χ0v) is 20.9. The van der Waals surface area contributed by atoms with Gasteiger partial charge in [0.25, 0.3) is 0 Å². The van der Waals surface area contributed by atoms with Crippen molar-refractivity contribution in [3.63, 3.8) is 0 Å². The number of hydrogen-bond donors (Lipinski definition) is 0. The molecule has 0 aromatic carbocycles. The molecule has 0 atom stereocenters. The molecule has 0 aromatic heterocycles. The van der Waals surface area contributed by atoms with Crippen LogP contribution >= 0.6 is 0 Å². The van der Waals surface area contributed by atoms with Gasteiger partial charge in [-0.2, -0.15) is 0 Å². The van der Waals surface area contributed by atoms with E-state index >= 15 is 0 Å². The van der Waals surface area contributed by atoms with E-state index in [1.165, 1.54) is 21.5 Å². The van der Waals surface area contributed by atoms with E-state index in [0.29, 0.717) is 0 Å². The summed E-state index contributed by atoms with van der Waals surface area (Å²) in [5.41, 5.74) is 0. The standard InChI is InChI=1S/2C5H5.2C4H11Si.C3H6.Ti/c2*1-2-4-5-3-1;2*1-5(2,3)4;1-3-2;/h2*1-3H,4H2;2*1H2,2-4H3;1-2H3;. The predicted molar refractivity (Wildman–Crippen MR) is 116 cm³/mol. The molecular weight excluding hydrogens is 356 g/mol. The van der Waals surface area contributed by atoms with E-state index in [-0.39, 0.29) is 0 Å². The molecule has 0 aliphatic heterocycles. The first-order chi connectivity index (χ1) is 10.9. The molecule has 0 spiro atoms. The minimum atomic E-state index is -3.12. The van der Waals surface area contributed by atoms with Crippen LogP contribution < -0.4 is 0 Å². The van der Waals surface area contributed by atoms with Crippen molar-refractivity contribution in [1.29, 1.82) is 0 Å². The number of rotatable bonds is 6. The normalized spacial score (nSPS) is 18.9. The molecule has 24 heavy (non-hydrogen) atoms. The van der Waals surface area contributed by atoms with Crippen molar-refractivity contribution < 1.29 is 14.8 Å². The summed E-state index contributed by atoms with van der Waals surface area (Å²) in [4.78, 5) is 0. The van der Waals surface area contributed by atoms with Crippen molar-refractivity contribution in [2.24, 2.45) is 0 Å². The van der Waals surface area contributed by atoms with Crippen molar-refractivity contribution >= 4 is 20.0 Å². The Kier molecular flexibility index (Phi) is 5.59. The van der Waals surface area contributed by atoms with Crippen LogP contribution in [0.5, 0.6) is 0 Å². The molecule has 2 rings (SSSR count). The maximum atomic E-state index is 2.61. The van der Waals surface area contributed by atoms with Crippen molar-refractivity contribution in [2.45, 2.75) is 74.7 Å². The first-order valence-corrected chi connectivity index (χ1v) is 21.6. The molecule has 0 fully saturated rings. The Labute approximate surface area is 153 Å². The van der Waals surface area contributed by atoms with Gasteiger partial charge in [0, 0.05) is 0 Å². The van der Waals surface area contributed by atoms with Crippen LogP contribution in [0.4, 0.5) is 0 Å². The van der Waals surface area contributed by atoms with Crippen LogP contribution in [-0.4, -0.2) is 20.0 Å². The summed E-state index contributed by atoms with van der Waals surface area (Å²) in [6, 6.07) is 0. The van der Waals surface area contributed by atoms with E-state index in [9.17, 15) is 0 Å². The topological polar surface area (TPSA) is 0 Å². The van der Waals surface area contributed by atoms with Crippen LogP contribution in [0.3, 0.4) is 0 Å². The Morgan fingerprint density at radius 1 is 0.792 bits per heavy atom. The Bertz CT molecular complexity index is 641. The van der Waals surface area contributed by atoms with Crippen molar-refractivity contribution in [1.82, 2.24) is 0 Å². The van der Waals surface area contributed by atoms with Gasteiger partial charge in [-0.25, -0.2) is 0 Å². The van der Waals surface area contributed by atoms with E-state index in [4.69, 9.17) is 0 Å². The third kappa shape index (κ3) is 3.58. The quantitative estimate of drug-likeness (QED) is 0.419. The second-order valence-corrected chi connectivity index (χ2v) is 33.9. The van der Waals surface area contributed by atoms with Gasteiger partial charge in [-0.15, -0.1) is 0 Å². The van der Waals surface area contributed by atoms with Gasteiger partial charge in [0.1, 0.15) is 0 Å². The molecule has 0 bridgehead atoms. The first-order valence-electron chi connectivity index (χ1n) is 9.60. The van der Waals surface area contributed by atoms with Crippen LogP contribution in [0, 0.1) is 0 Å². The Balaban J connectivity index is 2.90. The molecule has 2 aliphatic rings. The first kappa shape index (κ1) is 20.3. The van der Waals surface area contributed by atoms with Gasteiger partial charge in [0.2, 0.25) is 0 Å². The van der Waals surface area contributed by atoms with Crippen LogP contribution in [-0.2, 0) is 14.8 Å². The van der Waals surface area contributed by atoms with Crippen LogP contribution in [0.2, 0.25) is 48.0 Å². The summed E-state index contributed by atoms with van der Waals surface area (Å²) >= 11 is -3.12. The average molecular weight is 395 g/mol. The molecule has 0 saturated carbocycles. The number of hydrogen-bond acceptors (Lipinski definition) is 0. The SMILES string of the molecule is C[C](C)=[Ti]([CH2][Si](C)(C)C)([CH2][Si](C)(C)C)([C]1=CC=CC1)[C]1=CC=CC1. The minimum absolute atomic E-state index is 1.21. The van der Waals surface area contributed by atoms with E-state index in [2.05, 4.69) is 89.6 Å². The van der Waals surface area contributed by atoms with E-state index in [1.807, 2.05) is 11.6 Å². The van der Waals surface area contributed by atoms with Gasteiger partial charge in [-0.3, -0.25) is 0 Å². The fourth-order valence-corrected chi connectivity index (χ4v) is 50.0. The van der Waals surface area contributed by atoms with E-state index in [1.54, 1.807) is 0 Å². The molecule has 134 valence electrons. The summed E-state index contributed by atoms with van der Waals surface area (Å²) < 4.78 is 8.63. The van der Waals surface area contributed by atoms with Gasteiger partial charge >= 0.3 is 154 Å².